The molecule has 1 aliphatic rings. The number of rotatable bonds is 9. The van der Waals surface area contributed by atoms with Gasteiger partial charge < -0.3 is 25.4 Å². The van der Waals surface area contributed by atoms with E-state index in [2.05, 4.69) is 25.3 Å². The highest BCUT2D eigenvalue weighted by Crippen LogP contribution is 2.22. The molecule has 2 heterocycles. The molecule has 1 aromatic heterocycles. The fourth-order valence-electron chi connectivity index (χ4n) is 3.90. The van der Waals surface area contributed by atoms with Crippen molar-refractivity contribution in [3.8, 4) is 0 Å². The van der Waals surface area contributed by atoms with Gasteiger partial charge in [-0.3, -0.25) is 9.59 Å². The molecule has 1 aliphatic heterocycles. The Bertz CT molecular complexity index is 1260. The maximum atomic E-state index is 13.7. The second kappa shape index (κ2) is 15.0. The number of allylic oxidation sites excluding steroid dienone is 1. The van der Waals surface area contributed by atoms with Gasteiger partial charge in [-0.15, -0.1) is 0 Å². The Balaban J connectivity index is 0.000000771. The number of ether oxygens (including phenoxy) is 1. The molecule has 1 atom stereocenters. The summed E-state index contributed by atoms with van der Waals surface area (Å²) in [4.78, 5) is 46.3. The maximum Gasteiger partial charge on any atom is 0.505 e. The molecule has 0 aliphatic carbocycles. The molecule has 1 fully saturated rings. The summed E-state index contributed by atoms with van der Waals surface area (Å²) in [5.74, 6) is 0.0737. The Morgan fingerprint density at radius 3 is 2.38 bits per heavy atom. The molecule has 1 unspecified atom stereocenters. The van der Waals surface area contributed by atoms with Gasteiger partial charge in [0.2, 0.25) is 5.78 Å². The Hall–Kier alpha value is -4.57. The second-order valence-corrected chi connectivity index (χ2v) is 8.67. The third kappa shape index (κ3) is 8.75. The summed E-state index contributed by atoms with van der Waals surface area (Å²) in [5.41, 5.74) is 2.12. The number of carbonyl (C=O) groups is 3. The van der Waals surface area contributed by atoms with Crippen molar-refractivity contribution in [3.63, 3.8) is 0 Å². The number of nitrogens with zero attached hydrogens (tertiary/aromatic N) is 3. The predicted molar refractivity (Wildman–Crippen MR) is 148 cm³/mol. The quantitative estimate of drug-likeness (QED) is 0.204. The van der Waals surface area contributed by atoms with Gasteiger partial charge in [0, 0.05) is 25.0 Å². The number of Topliss-reactive ketones (excluding diaryl/α,β-unsaturated/α-hetero) is 1. The molecule has 3 aromatic rings. The van der Waals surface area contributed by atoms with Crippen molar-refractivity contribution < 1.29 is 24.2 Å². The van der Waals surface area contributed by atoms with Crippen molar-refractivity contribution in [2.45, 2.75) is 32.4 Å². The molecule has 4 rings (SSSR count). The van der Waals surface area contributed by atoms with Crippen molar-refractivity contribution in [3.05, 3.63) is 96.0 Å². The highest BCUT2D eigenvalue weighted by Gasteiger charge is 2.28. The number of nitrogens with one attached hydrogen (secondary N) is 2. The predicted octanol–water partition coefficient (Wildman–Crippen LogP) is 4.68. The molecule has 39 heavy (non-hydrogen) atoms. The zero-order valence-electron chi connectivity index (χ0n) is 22.0. The van der Waals surface area contributed by atoms with Crippen LogP contribution in [0.1, 0.15) is 46.3 Å². The van der Waals surface area contributed by atoms with E-state index < -0.39 is 6.16 Å². The molecule has 0 spiro atoms. The number of ketones is 1. The normalized spacial score (nSPS) is 14.3. The van der Waals surface area contributed by atoms with E-state index in [1.165, 1.54) is 6.20 Å². The first-order valence-corrected chi connectivity index (χ1v) is 12.6. The highest BCUT2D eigenvalue weighted by atomic mass is 16.6. The fourth-order valence-corrected chi connectivity index (χ4v) is 3.90. The lowest BCUT2D eigenvalue weighted by atomic mass is 10.1. The van der Waals surface area contributed by atoms with Crippen LogP contribution in [-0.2, 0) is 11.3 Å². The monoisotopic (exact) mass is 531 g/mol. The molecule has 10 heteroatoms. The number of amides is 1. The molecule has 0 radical (unpaired) electrons. The van der Waals surface area contributed by atoms with Crippen molar-refractivity contribution in [1.82, 2.24) is 20.2 Å². The number of aromatic nitrogens is 2. The van der Waals surface area contributed by atoms with Gasteiger partial charge in [-0.2, -0.15) is 0 Å². The number of benzene rings is 2. The summed E-state index contributed by atoms with van der Waals surface area (Å²) in [5, 5.41) is 13.9. The summed E-state index contributed by atoms with van der Waals surface area (Å²) in [6.07, 6.45) is 5.79. The van der Waals surface area contributed by atoms with E-state index in [9.17, 15) is 9.59 Å². The maximum absolute atomic E-state index is 13.7. The Morgan fingerprint density at radius 1 is 1.13 bits per heavy atom. The Morgan fingerprint density at radius 2 is 1.79 bits per heavy atom. The third-order valence-electron chi connectivity index (χ3n) is 5.89. The summed E-state index contributed by atoms with van der Waals surface area (Å²) in [6, 6.07) is 19.0. The summed E-state index contributed by atoms with van der Waals surface area (Å²) >= 11 is 0. The molecular formula is C29H33N5O5. The average molecular weight is 532 g/mol. The Kier molecular flexibility index (Phi) is 11.1. The van der Waals surface area contributed by atoms with Gasteiger partial charge in [-0.25, -0.2) is 14.8 Å². The molecule has 0 saturated carbocycles. The molecule has 1 amide bonds. The van der Waals surface area contributed by atoms with Crippen LogP contribution in [0.5, 0.6) is 0 Å². The van der Waals surface area contributed by atoms with Crippen LogP contribution in [0.2, 0.25) is 0 Å². The minimum atomic E-state index is -1.25. The zero-order valence-corrected chi connectivity index (χ0v) is 22.0. The number of methoxy groups -OCH3 is 1. The SMILES string of the molecule is C/C=C/CN(Cc1ccccc1)C(=O)c1cnc(C(=O)C2CCCN2)nc1Nc1ccccc1.COC(=O)O. The van der Waals surface area contributed by atoms with E-state index in [1.54, 1.807) is 4.90 Å². The molecule has 2 aromatic carbocycles. The number of hydrogen-bond acceptors (Lipinski definition) is 8. The molecule has 3 N–H and O–H groups in total. The smallest absolute Gasteiger partial charge is 0.450 e. The number of hydrogen-bond donors (Lipinski definition) is 3. The van der Waals surface area contributed by atoms with E-state index in [-0.39, 0.29) is 23.6 Å². The minimum absolute atomic E-state index is 0.109. The minimum Gasteiger partial charge on any atom is -0.450 e. The standard InChI is InChI=1S/C27H29N5O2.C2H4O3/c1-2-3-17-32(19-20-11-6-4-7-12-20)27(34)22-18-29-26(24(33)23-15-10-16-28-23)31-25(22)30-21-13-8-5-9-14-21;1-5-2(3)4/h2-9,11-14,18,23,28H,10,15-17,19H2,1H3,(H,29,30,31);1H3,(H,3,4)/b3-2+;. The molecule has 204 valence electrons. The van der Waals surface area contributed by atoms with Crippen molar-refractivity contribution >= 4 is 29.4 Å². The largest absolute Gasteiger partial charge is 0.505 e. The zero-order chi connectivity index (χ0) is 28.0. The first-order valence-electron chi connectivity index (χ1n) is 12.6. The van der Waals surface area contributed by atoms with Crippen molar-refractivity contribution in [1.29, 1.82) is 0 Å². The lowest BCUT2D eigenvalue weighted by molar-refractivity contribution is 0.0761. The Labute approximate surface area is 227 Å². The topological polar surface area (TPSA) is 134 Å². The van der Waals surface area contributed by atoms with Crippen molar-refractivity contribution in [2.24, 2.45) is 0 Å². The molecule has 1 saturated heterocycles. The highest BCUT2D eigenvalue weighted by molar-refractivity contribution is 6.01. The van der Waals surface area contributed by atoms with Gasteiger partial charge >= 0.3 is 6.16 Å². The summed E-state index contributed by atoms with van der Waals surface area (Å²) in [6.45, 7) is 3.62. The summed E-state index contributed by atoms with van der Waals surface area (Å²) < 4.78 is 3.67. The van der Waals surface area contributed by atoms with E-state index in [1.807, 2.05) is 79.7 Å². The van der Waals surface area contributed by atoms with Crippen LogP contribution in [0.3, 0.4) is 0 Å². The van der Waals surface area contributed by atoms with Crippen LogP contribution in [0.15, 0.2) is 79.0 Å². The van der Waals surface area contributed by atoms with Crippen LogP contribution in [0.25, 0.3) is 0 Å². The second-order valence-electron chi connectivity index (χ2n) is 8.67. The number of carbonyl (C=O) groups excluding carboxylic acids is 2. The van der Waals surface area contributed by atoms with E-state index in [0.717, 1.165) is 37.7 Å². The number of carboxylic acid groups (broad SMARTS) is 1. The van der Waals surface area contributed by atoms with E-state index >= 15 is 0 Å². The van der Waals surface area contributed by atoms with Crippen LogP contribution in [0.4, 0.5) is 16.3 Å². The van der Waals surface area contributed by atoms with Crippen LogP contribution in [0, 0.1) is 0 Å². The van der Waals surface area contributed by atoms with Gasteiger partial charge in [0.25, 0.3) is 5.91 Å². The van der Waals surface area contributed by atoms with Gasteiger partial charge in [0.05, 0.1) is 13.2 Å². The lowest BCUT2D eigenvalue weighted by Gasteiger charge is -2.23. The van der Waals surface area contributed by atoms with Gasteiger partial charge in [-0.1, -0.05) is 60.7 Å². The van der Waals surface area contributed by atoms with Crippen LogP contribution in [-0.4, -0.2) is 64.1 Å². The van der Waals surface area contributed by atoms with E-state index in [0.29, 0.717) is 24.5 Å². The first kappa shape index (κ1) is 29.0. The summed E-state index contributed by atoms with van der Waals surface area (Å²) in [7, 11) is 1.10. The fraction of sp³-hybridized carbons (Fsp3) is 0.276. The molecular weight excluding hydrogens is 498 g/mol. The van der Waals surface area contributed by atoms with Gasteiger partial charge in [-0.05, 0) is 44.0 Å². The molecule has 10 nitrogen and oxygen atoms in total. The first-order chi connectivity index (χ1) is 18.9. The number of para-hydroxylation sites is 1. The number of anilines is 2. The third-order valence-corrected chi connectivity index (χ3v) is 5.89. The van der Waals surface area contributed by atoms with Gasteiger partial charge in [0.1, 0.15) is 11.4 Å². The van der Waals surface area contributed by atoms with Crippen LogP contribution >= 0.6 is 0 Å². The van der Waals surface area contributed by atoms with Crippen molar-refractivity contribution in [2.75, 3.05) is 25.5 Å². The van der Waals surface area contributed by atoms with Gasteiger partial charge in [0.15, 0.2) is 5.82 Å². The van der Waals surface area contributed by atoms with Crippen LogP contribution < -0.4 is 10.6 Å². The lowest BCUT2D eigenvalue weighted by Crippen LogP contribution is -2.33. The van der Waals surface area contributed by atoms with E-state index in [4.69, 9.17) is 9.90 Å². The average Bonchev–Trinajstić information content (AvgIpc) is 3.51. The molecule has 0 bridgehead atoms.